The first-order valence-electron chi connectivity index (χ1n) is 15.6. The number of benzene rings is 3. The average molecular weight is 622 g/mol. The second-order valence-corrected chi connectivity index (χ2v) is 13.3. The van der Waals surface area contributed by atoms with E-state index in [9.17, 15) is 9.59 Å². The Morgan fingerprint density at radius 3 is 2.60 bits per heavy atom. The topological polar surface area (TPSA) is 102 Å². The molecule has 3 aromatic carbocycles. The summed E-state index contributed by atoms with van der Waals surface area (Å²) in [6.45, 7) is 8.64. The Morgan fingerprint density at radius 1 is 1.02 bits per heavy atom. The number of rotatable bonds is 9. The number of para-hydroxylation sites is 3. The molecule has 2 aromatic heterocycles. The maximum atomic E-state index is 13.4. The fraction of sp³-hybridized carbons (Fsp3) is 0.333. The van der Waals surface area contributed by atoms with Gasteiger partial charge in [0, 0.05) is 22.7 Å². The van der Waals surface area contributed by atoms with Crippen LogP contribution in [-0.4, -0.2) is 43.5 Å². The molecule has 1 aliphatic carbocycles. The molecule has 8 nitrogen and oxygen atoms in total. The maximum absolute atomic E-state index is 13.4. The highest BCUT2D eigenvalue weighted by Crippen LogP contribution is 2.37. The predicted molar refractivity (Wildman–Crippen MR) is 180 cm³/mol. The molecular weight excluding hydrogens is 582 g/mol. The number of carbonyl (C=O) groups excluding carboxylic acids is 2. The van der Waals surface area contributed by atoms with Gasteiger partial charge in [-0.1, -0.05) is 87.5 Å². The van der Waals surface area contributed by atoms with Crippen molar-refractivity contribution in [2.24, 2.45) is 17.8 Å². The molecule has 5 aromatic rings. The van der Waals surface area contributed by atoms with Crippen LogP contribution in [0.4, 0.5) is 5.69 Å². The second kappa shape index (κ2) is 13.3. The van der Waals surface area contributed by atoms with Crippen LogP contribution in [-0.2, 0) is 9.53 Å². The minimum absolute atomic E-state index is 0.0802. The number of carbonyl (C=O) groups is 2. The Labute approximate surface area is 268 Å². The number of aromatic nitrogens is 4. The zero-order chi connectivity index (χ0) is 31.5. The first-order valence-corrected chi connectivity index (χ1v) is 16.6. The molecule has 2 N–H and O–H groups in total. The Morgan fingerprint density at radius 2 is 1.78 bits per heavy atom. The number of H-pyrrole nitrogens is 1. The molecular formula is C36H39N5O3S. The number of nitrogens with zero attached hydrogens (tertiary/aromatic N) is 3. The summed E-state index contributed by atoms with van der Waals surface area (Å²) in [6.07, 6.45) is 4.89. The smallest absolute Gasteiger partial charge is 0.340 e. The van der Waals surface area contributed by atoms with E-state index in [0.29, 0.717) is 40.0 Å². The average Bonchev–Trinajstić information content (AvgIpc) is 3.64. The van der Waals surface area contributed by atoms with Crippen molar-refractivity contribution >= 4 is 40.2 Å². The quantitative estimate of drug-likeness (QED) is 0.127. The van der Waals surface area contributed by atoms with Crippen molar-refractivity contribution in [2.45, 2.75) is 58.2 Å². The van der Waals surface area contributed by atoms with Gasteiger partial charge in [0.25, 0.3) is 0 Å². The van der Waals surface area contributed by atoms with Crippen LogP contribution in [0.2, 0.25) is 0 Å². The predicted octanol–water partition coefficient (Wildman–Crippen LogP) is 8.07. The summed E-state index contributed by atoms with van der Waals surface area (Å²) in [5.74, 6) is 1.41. The van der Waals surface area contributed by atoms with Crippen LogP contribution >= 0.6 is 11.8 Å². The first kappa shape index (κ1) is 30.6. The van der Waals surface area contributed by atoms with Gasteiger partial charge in [-0.3, -0.25) is 9.36 Å². The minimum atomic E-state index is -0.397. The van der Waals surface area contributed by atoms with Gasteiger partial charge in [-0.05, 0) is 67.3 Å². The van der Waals surface area contributed by atoms with Crippen molar-refractivity contribution in [1.82, 2.24) is 19.7 Å². The molecule has 1 saturated carbocycles. The molecule has 1 fully saturated rings. The molecule has 0 radical (unpaired) electrons. The minimum Gasteiger partial charge on any atom is -0.458 e. The van der Waals surface area contributed by atoms with Gasteiger partial charge in [-0.2, -0.15) is 0 Å². The standard InChI is InChI=1S/C36H39N5O3S/c1-22(2)25-18-17-23(3)19-32(25)44-35(43)27-13-7-9-15-30(27)38-33(42)21-45-36-40-39-34(41(36)31-16-10-5-11-24(31)4)28-20-37-29-14-8-6-12-26(28)29/h5-16,20,22-23,25,32,37H,17-19,21H2,1-4H3,(H,38,42). The van der Waals surface area contributed by atoms with Crippen LogP contribution in [0, 0.1) is 24.7 Å². The summed E-state index contributed by atoms with van der Waals surface area (Å²) in [7, 11) is 0. The SMILES string of the molecule is Cc1ccccc1-n1c(SCC(=O)Nc2ccccc2C(=O)OC2CC(C)CCC2C(C)C)nnc1-c1c[nH]c2ccccc12. The van der Waals surface area contributed by atoms with Crippen molar-refractivity contribution in [1.29, 1.82) is 0 Å². The Balaban J connectivity index is 1.21. The lowest BCUT2D eigenvalue weighted by Crippen LogP contribution is -2.36. The van der Waals surface area contributed by atoms with E-state index in [4.69, 9.17) is 4.74 Å². The number of esters is 1. The maximum Gasteiger partial charge on any atom is 0.340 e. The molecule has 9 heteroatoms. The Bertz CT molecular complexity index is 1830. The number of amides is 1. The van der Waals surface area contributed by atoms with Crippen LogP contribution < -0.4 is 5.32 Å². The van der Waals surface area contributed by atoms with E-state index in [1.165, 1.54) is 11.8 Å². The van der Waals surface area contributed by atoms with Crippen molar-refractivity contribution in [2.75, 3.05) is 11.1 Å². The molecule has 1 amide bonds. The van der Waals surface area contributed by atoms with Crippen LogP contribution in [0.15, 0.2) is 84.1 Å². The van der Waals surface area contributed by atoms with E-state index >= 15 is 0 Å². The highest BCUT2D eigenvalue weighted by Gasteiger charge is 2.34. The van der Waals surface area contributed by atoms with E-state index in [2.05, 4.69) is 47.3 Å². The normalized spacial score (nSPS) is 18.3. The van der Waals surface area contributed by atoms with Crippen molar-refractivity contribution in [3.8, 4) is 17.1 Å². The number of thioether (sulfide) groups is 1. The third-order valence-corrected chi connectivity index (χ3v) is 9.72. The lowest BCUT2D eigenvalue weighted by molar-refractivity contribution is -0.113. The third kappa shape index (κ3) is 6.54. The van der Waals surface area contributed by atoms with E-state index in [1.807, 2.05) is 60.2 Å². The number of ether oxygens (including phenoxy) is 1. The molecule has 0 bridgehead atoms. The van der Waals surface area contributed by atoms with Crippen LogP contribution in [0.5, 0.6) is 0 Å². The second-order valence-electron chi connectivity index (χ2n) is 12.3. The van der Waals surface area contributed by atoms with Crippen molar-refractivity contribution in [3.63, 3.8) is 0 Å². The van der Waals surface area contributed by atoms with Crippen LogP contribution in [0.25, 0.3) is 28.0 Å². The van der Waals surface area contributed by atoms with Gasteiger partial charge in [-0.15, -0.1) is 10.2 Å². The number of nitrogens with one attached hydrogen (secondary N) is 2. The van der Waals surface area contributed by atoms with Crippen LogP contribution in [0.3, 0.4) is 0 Å². The number of hydrogen-bond donors (Lipinski definition) is 2. The highest BCUT2D eigenvalue weighted by atomic mass is 32.2. The summed E-state index contributed by atoms with van der Waals surface area (Å²) in [5, 5.41) is 13.7. The molecule has 1 aliphatic rings. The Hall–Kier alpha value is -4.37. The van der Waals surface area contributed by atoms with Crippen molar-refractivity contribution < 1.29 is 14.3 Å². The fourth-order valence-electron chi connectivity index (χ4n) is 6.36. The number of fused-ring (bicyclic) bond motifs is 1. The van der Waals surface area contributed by atoms with Gasteiger partial charge in [0.15, 0.2) is 11.0 Å². The van der Waals surface area contributed by atoms with E-state index in [0.717, 1.165) is 47.0 Å². The summed E-state index contributed by atoms with van der Waals surface area (Å²) in [6, 6.07) is 23.2. The number of anilines is 1. The summed E-state index contributed by atoms with van der Waals surface area (Å²) < 4.78 is 8.10. The first-order chi connectivity index (χ1) is 21.8. The lowest BCUT2D eigenvalue weighted by Gasteiger charge is -2.36. The molecule has 0 saturated heterocycles. The van der Waals surface area contributed by atoms with Gasteiger partial charge >= 0.3 is 5.97 Å². The highest BCUT2D eigenvalue weighted by molar-refractivity contribution is 7.99. The number of hydrogen-bond acceptors (Lipinski definition) is 6. The van der Waals surface area contributed by atoms with Gasteiger partial charge in [0.05, 0.1) is 22.7 Å². The molecule has 6 rings (SSSR count). The third-order valence-electron chi connectivity index (χ3n) is 8.79. The fourth-order valence-corrected chi connectivity index (χ4v) is 7.11. The molecule has 0 aliphatic heterocycles. The summed E-state index contributed by atoms with van der Waals surface area (Å²) in [4.78, 5) is 30.0. The molecule has 2 heterocycles. The van der Waals surface area contributed by atoms with E-state index < -0.39 is 5.97 Å². The molecule has 0 spiro atoms. The van der Waals surface area contributed by atoms with E-state index in [1.54, 1.807) is 24.3 Å². The monoisotopic (exact) mass is 621 g/mol. The van der Waals surface area contributed by atoms with Gasteiger partial charge in [0.2, 0.25) is 5.91 Å². The summed E-state index contributed by atoms with van der Waals surface area (Å²) in [5.41, 5.74) is 4.74. The number of aromatic amines is 1. The van der Waals surface area contributed by atoms with Gasteiger partial charge < -0.3 is 15.0 Å². The lowest BCUT2D eigenvalue weighted by atomic mass is 9.75. The van der Waals surface area contributed by atoms with Gasteiger partial charge in [0.1, 0.15) is 6.10 Å². The summed E-state index contributed by atoms with van der Waals surface area (Å²) >= 11 is 1.30. The molecule has 45 heavy (non-hydrogen) atoms. The molecule has 3 atom stereocenters. The largest absolute Gasteiger partial charge is 0.458 e. The molecule has 3 unspecified atom stereocenters. The Kier molecular flexibility index (Phi) is 9.07. The van der Waals surface area contributed by atoms with Gasteiger partial charge in [-0.25, -0.2) is 4.79 Å². The van der Waals surface area contributed by atoms with E-state index in [-0.39, 0.29) is 17.8 Å². The van der Waals surface area contributed by atoms with Crippen LogP contribution in [0.1, 0.15) is 56.0 Å². The number of aryl methyl sites for hydroxylation is 1. The van der Waals surface area contributed by atoms with Crippen molar-refractivity contribution in [3.05, 3.63) is 90.1 Å². The zero-order valence-electron chi connectivity index (χ0n) is 26.1. The zero-order valence-corrected chi connectivity index (χ0v) is 26.9. The molecule has 232 valence electrons.